The zero-order valence-corrected chi connectivity index (χ0v) is 15.8. The highest BCUT2D eigenvalue weighted by atomic mass is 32.2. The molecular formula is C17H22N2O3S2. The van der Waals surface area contributed by atoms with Gasteiger partial charge in [-0.3, -0.25) is 0 Å². The number of rotatable bonds is 3. The molecule has 1 aromatic heterocycles. The van der Waals surface area contributed by atoms with Crippen LogP contribution in [0.1, 0.15) is 41.6 Å². The maximum absolute atomic E-state index is 12.9. The first-order valence-electron chi connectivity index (χ1n) is 7.75. The van der Waals surface area contributed by atoms with Gasteiger partial charge in [-0.25, -0.2) is 13.1 Å². The zero-order valence-electron chi connectivity index (χ0n) is 14.2. The number of fused-ring (bicyclic) bond motifs is 1. The molecule has 0 fully saturated rings. The molecule has 1 aromatic carbocycles. The Kier molecular flexibility index (Phi) is 4.14. The molecule has 3 N–H and O–H groups in total. The van der Waals surface area contributed by atoms with Crippen molar-refractivity contribution in [2.45, 2.75) is 50.7 Å². The summed E-state index contributed by atoms with van der Waals surface area (Å²) in [6, 6.07) is 6.68. The van der Waals surface area contributed by atoms with E-state index in [4.69, 9.17) is 10.5 Å². The van der Waals surface area contributed by atoms with E-state index in [1.165, 1.54) is 11.3 Å². The fraction of sp³-hybridized carbons (Fsp3) is 0.412. The molecule has 0 aliphatic carbocycles. The fourth-order valence-corrected chi connectivity index (χ4v) is 5.87. The molecule has 2 aromatic rings. The SMILES string of the molecule is Cc1cc(S(=O)(=O)NC2CC(C)(C)Oc3ccc(N)cc32)c(C)s1. The molecule has 24 heavy (non-hydrogen) atoms. The predicted molar refractivity (Wildman–Crippen MR) is 97.0 cm³/mol. The summed E-state index contributed by atoms with van der Waals surface area (Å²) in [6.07, 6.45) is 0.533. The van der Waals surface area contributed by atoms with Crippen molar-refractivity contribution < 1.29 is 13.2 Å². The molecular weight excluding hydrogens is 344 g/mol. The average molecular weight is 367 g/mol. The number of sulfonamides is 1. The van der Waals surface area contributed by atoms with Gasteiger partial charge in [-0.2, -0.15) is 0 Å². The second-order valence-corrected chi connectivity index (χ2v) is 9.96. The van der Waals surface area contributed by atoms with Crippen LogP contribution in [-0.2, 0) is 10.0 Å². The maximum Gasteiger partial charge on any atom is 0.242 e. The molecule has 1 aliphatic heterocycles. The minimum absolute atomic E-state index is 0.347. The number of hydrogen-bond acceptors (Lipinski definition) is 5. The molecule has 0 bridgehead atoms. The van der Waals surface area contributed by atoms with E-state index >= 15 is 0 Å². The Morgan fingerprint density at radius 1 is 1.29 bits per heavy atom. The number of nitrogen functional groups attached to an aromatic ring is 1. The van der Waals surface area contributed by atoms with E-state index in [0.29, 0.717) is 22.8 Å². The maximum atomic E-state index is 12.9. The number of benzene rings is 1. The first-order valence-corrected chi connectivity index (χ1v) is 10.1. The molecule has 1 aliphatic rings. The second-order valence-electron chi connectivity index (χ2n) is 6.81. The minimum atomic E-state index is -3.61. The van der Waals surface area contributed by atoms with E-state index < -0.39 is 15.6 Å². The predicted octanol–water partition coefficient (Wildman–Crippen LogP) is 3.53. The third kappa shape index (κ3) is 3.29. The van der Waals surface area contributed by atoms with Gasteiger partial charge < -0.3 is 10.5 Å². The number of aryl methyl sites for hydroxylation is 2. The van der Waals surface area contributed by atoms with Crippen LogP contribution in [0.25, 0.3) is 0 Å². The first-order chi connectivity index (χ1) is 11.1. The van der Waals surface area contributed by atoms with Crippen LogP contribution < -0.4 is 15.2 Å². The highest BCUT2D eigenvalue weighted by Crippen LogP contribution is 2.41. The van der Waals surface area contributed by atoms with Crippen molar-refractivity contribution in [3.05, 3.63) is 39.6 Å². The Morgan fingerprint density at radius 3 is 2.62 bits per heavy atom. The van der Waals surface area contributed by atoms with Crippen molar-refractivity contribution in [2.75, 3.05) is 5.73 Å². The van der Waals surface area contributed by atoms with Crippen molar-refractivity contribution in [3.8, 4) is 5.75 Å². The minimum Gasteiger partial charge on any atom is -0.487 e. The van der Waals surface area contributed by atoms with E-state index in [2.05, 4.69) is 4.72 Å². The monoisotopic (exact) mass is 366 g/mol. The molecule has 0 saturated carbocycles. The van der Waals surface area contributed by atoms with Gasteiger partial charge in [0.05, 0.1) is 10.9 Å². The van der Waals surface area contributed by atoms with Gasteiger partial charge in [0.2, 0.25) is 10.0 Å². The van der Waals surface area contributed by atoms with Crippen LogP contribution in [0.3, 0.4) is 0 Å². The lowest BCUT2D eigenvalue weighted by molar-refractivity contribution is 0.0702. The highest BCUT2D eigenvalue weighted by molar-refractivity contribution is 7.89. The topological polar surface area (TPSA) is 81.4 Å². The third-order valence-corrected chi connectivity index (χ3v) is 6.77. The summed E-state index contributed by atoms with van der Waals surface area (Å²) in [5.41, 5.74) is 6.79. The summed E-state index contributed by atoms with van der Waals surface area (Å²) < 4.78 is 34.5. The van der Waals surface area contributed by atoms with Crippen molar-refractivity contribution in [1.82, 2.24) is 4.72 Å². The Balaban J connectivity index is 2.00. The van der Waals surface area contributed by atoms with Crippen LogP contribution >= 0.6 is 11.3 Å². The van der Waals surface area contributed by atoms with E-state index in [1.807, 2.05) is 27.7 Å². The molecule has 7 heteroatoms. The van der Waals surface area contributed by atoms with E-state index in [1.54, 1.807) is 24.3 Å². The van der Waals surface area contributed by atoms with Gasteiger partial charge in [-0.15, -0.1) is 11.3 Å². The molecule has 1 unspecified atom stereocenters. The third-order valence-electron chi connectivity index (χ3n) is 4.07. The van der Waals surface area contributed by atoms with Crippen LogP contribution in [0.4, 0.5) is 5.69 Å². The molecule has 3 rings (SSSR count). The summed E-state index contributed by atoms with van der Waals surface area (Å²) >= 11 is 1.48. The Labute approximate surface area is 146 Å². The summed E-state index contributed by atoms with van der Waals surface area (Å²) in [5, 5.41) is 0. The quantitative estimate of drug-likeness (QED) is 0.814. The lowest BCUT2D eigenvalue weighted by atomic mass is 9.90. The highest BCUT2D eigenvalue weighted by Gasteiger charge is 2.36. The van der Waals surface area contributed by atoms with Gasteiger partial charge in [0.15, 0.2) is 0 Å². The number of nitrogens with one attached hydrogen (secondary N) is 1. The average Bonchev–Trinajstić information content (AvgIpc) is 2.78. The van der Waals surface area contributed by atoms with Crippen LogP contribution in [-0.4, -0.2) is 14.0 Å². The molecule has 0 saturated heterocycles. The molecule has 5 nitrogen and oxygen atoms in total. The molecule has 0 spiro atoms. The summed E-state index contributed by atoms with van der Waals surface area (Å²) in [5.74, 6) is 0.673. The van der Waals surface area contributed by atoms with Gasteiger partial charge in [-0.05, 0) is 52.0 Å². The van der Waals surface area contributed by atoms with Gasteiger partial charge in [-0.1, -0.05) is 0 Å². The van der Waals surface area contributed by atoms with Gasteiger partial charge in [0.1, 0.15) is 11.4 Å². The Morgan fingerprint density at radius 2 is 2.00 bits per heavy atom. The lowest BCUT2D eigenvalue weighted by Crippen LogP contribution is -2.41. The van der Waals surface area contributed by atoms with Crippen molar-refractivity contribution >= 4 is 27.0 Å². The standard InChI is InChI=1S/C17H22N2O3S2/c1-10-7-16(11(2)23-10)24(20,21)19-14-9-17(3,4)22-15-6-5-12(18)8-13(14)15/h5-8,14,19H,9,18H2,1-4H3. The first kappa shape index (κ1) is 17.3. The molecule has 2 heterocycles. The van der Waals surface area contributed by atoms with E-state index in [-0.39, 0.29) is 6.04 Å². The number of nitrogens with two attached hydrogens (primary N) is 1. The van der Waals surface area contributed by atoms with Crippen molar-refractivity contribution in [1.29, 1.82) is 0 Å². The molecule has 0 amide bonds. The number of anilines is 1. The second kappa shape index (κ2) is 5.75. The number of ether oxygens (including phenoxy) is 1. The molecule has 1 atom stereocenters. The number of thiophene rings is 1. The van der Waals surface area contributed by atoms with Gasteiger partial charge >= 0.3 is 0 Å². The summed E-state index contributed by atoms with van der Waals surface area (Å²) in [4.78, 5) is 2.11. The van der Waals surface area contributed by atoms with Crippen molar-refractivity contribution in [3.63, 3.8) is 0 Å². The van der Waals surface area contributed by atoms with E-state index in [9.17, 15) is 8.42 Å². The molecule has 130 valence electrons. The largest absolute Gasteiger partial charge is 0.487 e. The van der Waals surface area contributed by atoms with Gasteiger partial charge in [0.25, 0.3) is 0 Å². The van der Waals surface area contributed by atoms with Gasteiger partial charge in [0, 0.05) is 27.4 Å². The van der Waals surface area contributed by atoms with Crippen LogP contribution in [0.5, 0.6) is 5.75 Å². The van der Waals surface area contributed by atoms with Crippen LogP contribution in [0.2, 0.25) is 0 Å². The normalized spacial score (nSPS) is 19.6. The van der Waals surface area contributed by atoms with Crippen LogP contribution in [0, 0.1) is 13.8 Å². The molecule has 0 radical (unpaired) electrons. The lowest BCUT2D eigenvalue weighted by Gasteiger charge is -2.37. The zero-order chi connectivity index (χ0) is 17.7. The summed E-state index contributed by atoms with van der Waals surface area (Å²) in [7, 11) is -3.61. The fourth-order valence-electron chi connectivity index (χ4n) is 3.10. The van der Waals surface area contributed by atoms with Crippen LogP contribution in [0.15, 0.2) is 29.2 Å². The smallest absolute Gasteiger partial charge is 0.242 e. The Bertz CT molecular complexity index is 885. The van der Waals surface area contributed by atoms with Crippen molar-refractivity contribution in [2.24, 2.45) is 0 Å². The Hall–Kier alpha value is -1.57. The van der Waals surface area contributed by atoms with E-state index in [0.717, 1.165) is 15.3 Å². The number of hydrogen-bond donors (Lipinski definition) is 2. The summed E-state index contributed by atoms with van der Waals surface area (Å²) in [6.45, 7) is 7.64.